The van der Waals surface area contributed by atoms with Crippen molar-refractivity contribution in [2.75, 3.05) is 13.1 Å². The van der Waals surface area contributed by atoms with Gasteiger partial charge in [-0.1, -0.05) is 13.0 Å². The smallest absolute Gasteiger partial charge is 0.303 e. The number of aromatic nitrogens is 2. The molecule has 0 bridgehead atoms. The van der Waals surface area contributed by atoms with Gasteiger partial charge in [-0.2, -0.15) is 9.98 Å². The number of nitriles is 1. The molecule has 10 nitrogen and oxygen atoms in total. The number of aryl methyl sites for hydroxylation is 1. The average molecular weight is 526 g/mol. The second-order valence-electron chi connectivity index (χ2n) is 9.60. The summed E-state index contributed by atoms with van der Waals surface area (Å²) in [6.45, 7) is 3.19. The van der Waals surface area contributed by atoms with Crippen LogP contribution in [0.25, 0.3) is 10.9 Å². The predicted octanol–water partition coefficient (Wildman–Crippen LogP) is 2.93. The summed E-state index contributed by atoms with van der Waals surface area (Å²) >= 11 is 0. The molecule has 0 aliphatic carbocycles. The van der Waals surface area contributed by atoms with Crippen molar-refractivity contribution < 1.29 is 23.1 Å². The van der Waals surface area contributed by atoms with E-state index in [1.807, 2.05) is 0 Å². The van der Waals surface area contributed by atoms with Gasteiger partial charge < -0.3 is 19.6 Å². The minimum Gasteiger partial charge on any atom is -0.481 e. The van der Waals surface area contributed by atoms with Crippen LogP contribution in [0, 0.1) is 23.2 Å². The largest absolute Gasteiger partial charge is 0.481 e. The third-order valence-corrected chi connectivity index (χ3v) is 8.73. The van der Waals surface area contributed by atoms with E-state index in [2.05, 4.69) is 22.7 Å². The Kier molecular flexibility index (Phi) is 8.00. The van der Waals surface area contributed by atoms with Crippen LogP contribution in [0.4, 0.5) is 0 Å². The molecule has 196 valence electrons. The van der Waals surface area contributed by atoms with Gasteiger partial charge in [0.05, 0.1) is 4.90 Å². The van der Waals surface area contributed by atoms with Crippen molar-refractivity contribution in [3.05, 3.63) is 54.5 Å². The number of carboxylic acids is 1. The molecule has 0 saturated carbocycles. The van der Waals surface area contributed by atoms with Gasteiger partial charge in [0, 0.05) is 49.4 Å². The van der Waals surface area contributed by atoms with Gasteiger partial charge in [-0.05, 0) is 61.4 Å². The molecule has 0 spiro atoms. The second kappa shape index (κ2) is 11.2. The monoisotopic (exact) mass is 525 g/mol. The lowest BCUT2D eigenvalue weighted by Crippen LogP contribution is -2.52. The van der Waals surface area contributed by atoms with Crippen molar-refractivity contribution in [3.63, 3.8) is 0 Å². The minimum atomic E-state index is -4.06. The molecule has 3 N–H and O–H groups in total. The van der Waals surface area contributed by atoms with Crippen molar-refractivity contribution >= 4 is 32.8 Å². The summed E-state index contributed by atoms with van der Waals surface area (Å²) in [6, 6.07) is 11.0. The highest BCUT2D eigenvalue weighted by Crippen LogP contribution is 2.28. The molecule has 3 aromatic rings. The SMILES string of the molecule is CC1CCN(C(=O)C(CCn2cccc2C#N)NS(=O)(=O)c2cccc3[nH]ccc23)CC1CCC(=O)O. The molecule has 3 heterocycles. The van der Waals surface area contributed by atoms with E-state index in [9.17, 15) is 23.3 Å². The van der Waals surface area contributed by atoms with Gasteiger partial charge in [-0.25, -0.2) is 8.42 Å². The molecule has 3 unspecified atom stereocenters. The zero-order valence-corrected chi connectivity index (χ0v) is 21.4. The average Bonchev–Trinajstić information content (AvgIpc) is 3.54. The molecule has 11 heteroatoms. The van der Waals surface area contributed by atoms with Crippen molar-refractivity contribution in [2.24, 2.45) is 11.8 Å². The maximum Gasteiger partial charge on any atom is 0.303 e. The number of hydrogen-bond donors (Lipinski definition) is 3. The van der Waals surface area contributed by atoms with E-state index in [-0.39, 0.29) is 42.0 Å². The Morgan fingerprint density at radius 3 is 2.84 bits per heavy atom. The standard InChI is InChI=1S/C26H31N5O5S/c1-18-10-14-31(17-19(18)7-8-25(32)33)26(34)23(11-15-30-13-3-4-20(30)16-27)29-37(35,36)24-6-2-5-22-21(24)9-12-28-22/h2-6,9,12-13,18-19,23,28-29H,7-8,10-11,14-15,17H2,1H3,(H,32,33). The van der Waals surface area contributed by atoms with Crippen LogP contribution in [0.3, 0.4) is 0 Å². The van der Waals surface area contributed by atoms with E-state index in [1.54, 1.807) is 52.2 Å². The zero-order valence-electron chi connectivity index (χ0n) is 20.6. The fourth-order valence-corrected chi connectivity index (χ4v) is 6.45. The number of carboxylic acid groups (broad SMARTS) is 1. The number of amides is 1. The Morgan fingerprint density at radius 2 is 2.08 bits per heavy atom. The van der Waals surface area contributed by atoms with Gasteiger partial charge in [-0.3, -0.25) is 9.59 Å². The lowest BCUT2D eigenvalue weighted by atomic mass is 9.83. The van der Waals surface area contributed by atoms with Crippen LogP contribution in [-0.4, -0.2) is 59.0 Å². The zero-order chi connectivity index (χ0) is 26.6. The number of nitrogens with one attached hydrogen (secondary N) is 2. The van der Waals surface area contributed by atoms with Gasteiger partial charge in [0.25, 0.3) is 0 Å². The number of H-pyrrole nitrogens is 1. The highest BCUT2D eigenvalue weighted by atomic mass is 32.2. The van der Waals surface area contributed by atoms with Crippen LogP contribution in [0.2, 0.25) is 0 Å². The van der Waals surface area contributed by atoms with E-state index >= 15 is 0 Å². The Bertz CT molecular complexity index is 1420. The highest BCUT2D eigenvalue weighted by molar-refractivity contribution is 7.89. The predicted molar refractivity (Wildman–Crippen MR) is 137 cm³/mol. The number of aliphatic carboxylic acids is 1. The fraction of sp³-hybridized carbons (Fsp3) is 0.423. The number of aromatic amines is 1. The first-order valence-corrected chi connectivity index (χ1v) is 13.8. The molecule has 2 aromatic heterocycles. The second-order valence-corrected chi connectivity index (χ2v) is 11.3. The third-order valence-electron chi connectivity index (χ3n) is 7.20. The number of likely N-dealkylation sites (tertiary alicyclic amines) is 1. The number of sulfonamides is 1. The van der Waals surface area contributed by atoms with Crippen LogP contribution in [0.1, 0.15) is 38.3 Å². The van der Waals surface area contributed by atoms with Crippen molar-refractivity contribution in [3.8, 4) is 6.07 Å². The topological polar surface area (TPSA) is 148 Å². The molecular weight excluding hydrogens is 494 g/mol. The number of carbonyl (C=O) groups is 2. The Morgan fingerprint density at radius 1 is 1.27 bits per heavy atom. The van der Waals surface area contributed by atoms with Gasteiger partial charge >= 0.3 is 5.97 Å². The van der Waals surface area contributed by atoms with E-state index < -0.39 is 22.0 Å². The summed E-state index contributed by atoms with van der Waals surface area (Å²) in [5.74, 6) is -0.931. The van der Waals surface area contributed by atoms with Gasteiger partial charge in [0.1, 0.15) is 17.8 Å². The first-order chi connectivity index (χ1) is 17.7. The molecule has 1 aromatic carbocycles. The van der Waals surface area contributed by atoms with Gasteiger partial charge in [0.15, 0.2) is 0 Å². The van der Waals surface area contributed by atoms with E-state index in [1.165, 1.54) is 6.07 Å². The van der Waals surface area contributed by atoms with Crippen molar-refractivity contribution in [1.82, 2.24) is 19.2 Å². The normalized spacial score (nSPS) is 19.0. The van der Waals surface area contributed by atoms with Crippen molar-refractivity contribution in [1.29, 1.82) is 5.26 Å². The quantitative estimate of drug-likeness (QED) is 0.371. The van der Waals surface area contributed by atoms with Gasteiger partial charge in [0.2, 0.25) is 15.9 Å². The number of fused-ring (bicyclic) bond motifs is 1. The molecule has 1 amide bonds. The lowest BCUT2D eigenvalue weighted by molar-refractivity contribution is -0.138. The summed E-state index contributed by atoms with van der Waals surface area (Å²) in [5.41, 5.74) is 1.09. The summed E-state index contributed by atoms with van der Waals surface area (Å²) in [6.07, 6.45) is 4.73. The van der Waals surface area contributed by atoms with Crippen LogP contribution >= 0.6 is 0 Å². The summed E-state index contributed by atoms with van der Waals surface area (Å²) in [5, 5.41) is 19.0. The Labute approximate surface area is 215 Å². The molecule has 1 aliphatic heterocycles. The first kappa shape index (κ1) is 26.4. The highest BCUT2D eigenvalue weighted by Gasteiger charge is 2.34. The minimum absolute atomic E-state index is 0.0225. The van der Waals surface area contributed by atoms with Crippen LogP contribution in [0.15, 0.2) is 53.7 Å². The number of piperidine rings is 1. The maximum atomic E-state index is 13.7. The Balaban J connectivity index is 1.58. The molecule has 1 fully saturated rings. The first-order valence-electron chi connectivity index (χ1n) is 12.3. The Hall–Kier alpha value is -3.62. The fourth-order valence-electron chi connectivity index (χ4n) is 5.01. The number of rotatable bonds is 10. The number of nitrogens with zero attached hydrogens (tertiary/aromatic N) is 3. The molecular formula is C26H31N5O5S. The molecule has 1 aliphatic rings. The summed E-state index contributed by atoms with van der Waals surface area (Å²) < 4.78 is 31.3. The molecule has 0 radical (unpaired) electrons. The van der Waals surface area contributed by atoms with Crippen molar-refractivity contribution in [2.45, 2.75) is 50.1 Å². The van der Waals surface area contributed by atoms with Gasteiger partial charge in [-0.15, -0.1) is 0 Å². The van der Waals surface area contributed by atoms with E-state index in [4.69, 9.17) is 5.11 Å². The molecule has 1 saturated heterocycles. The summed E-state index contributed by atoms with van der Waals surface area (Å²) in [4.78, 5) is 29.6. The number of hydrogen-bond acceptors (Lipinski definition) is 5. The van der Waals surface area contributed by atoms with E-state index in [0.29, 0.717) is 42.5 Å². The van der Waals surface area contributed by atoms with Crippen LogP contribution in [0.5, 0.6) is 0 Å². The number of carbonyl (C=O) groups excluding carboxylic acids is 1. The molecule has 4 rings (SSSR count). The number of benzene rings is 1. The lowest BCUT2D eigenvalue weighted by Gasteiger charge is -2.38. The van der Waals surface area contributed by atoms with Crippen LogP contribution < -0.4 is 4.72 Å². The third kappa shape index (κ3) is 6.03. The molecule has 3 atom stereocenters. The maximum absolute atomic E-state index is 13.7. The van der Waals surface area contributed by atoms with Crippen LogP contribution in [-0.2, 0) is 26.2 Å². The van der Waals surface area contributed by atoms with E-state index in [0.717, 1.165) is 0 Å². The summed E-state index contributed by atoms with van der Waals surface area (Å²) in [7, 11) is -4.06. The molecule has 37 heavy (non-hydrogen) atoms.